The molecular weight excluding hydrogens is 305 g/mol. The van der Waals surface area contributed by atoms with E-state index < -0.39 is 23.5 Å². The second kappa shape index (κ2) is 3.73. The van der Waals surface area contributed by atoms with E-state index in [0.29, 0.717) is 0 Å². The van der Waals surface area contributed by atoms with Crippen LogP contribution >= 0.6 is 15.9 Å². The molecule has 0 unspecified atom stereocenters. The molecule has 0 saturated heterocycles. The van der Waals surface area contributed by atoms with Crippen molar-refractivity contribution in [1.82, 2.24) is 9.97 Å². The minimum absolute atomic E-state index is 0.0177. The molecular formula is C9H4BrF3N2O2. The Balaban J connectivity index is 2.69. The van der Waals surface area contributed by atoms with Crippen LogP contribution in [0.3, 0.4) is 0 Å². The number of carboxylic acids is 1. The summed E-state index contributed by atoms with van der Waals surface area (Å²) >= 11 is 2.93. The highest BCUT2D eigenvalue weighted by molar-refractivity contribution is 9.10. The lowest BCUT2D eigenvalue weighted by molar-refractivity contribution is -0.137. The van der Waals surface area contributed by atoms with Crippen molar-refractivity contribution >= 4 is 32.9 Å². The van der Waals surface area contributed by atoms with Crippen LogP contribution in [0, 0.1) is 0 Å². The fourth-order valence-electron chi connectivity index (χ4n) is 1.34. The zero-order chi connectivity index (χ0) is 12.8. The Kier molecular flexibility index (Phi) is 2.61. The molecule has 8 heteroatoms. The standard InChI is InChI=1S/C9H4BrF3N2O2/c10-4-1-3(9(11,12)13)2-5-6(4)15-7(14-5)8(16)17/h1-2H,(H,14,15)(H,16,17). The quantitative estimate of drug-likeness (QED) is 0.851. The summed E-state index contributed by atoms with van der Waals surface area (Å²) in [5, 5.41) is 8.67. The number of fused-ring (bicyclic) bond motifs is 1. The molecule has 4 nitrogen and oxygen atoms in total. The molecule has 2 aromatic rings. The van der Waals surface area contributed by atoms with Gasteiger partial charge in [-0.2, -0.15) is 13.2 Å². The summed E-state index contributed by atoms with van der Waals surface area (Å²) in [5.41, 5.74) is -0.711. The first-order valence-corrected chi connectivity index (χ1v) is 5.08. The van der Waals surface area contributed by atoms with Gasteiger partial charge in [0, 0.05) is 4.47 Å². The van der Waals surface area contributed by atoms with E-state index in [-0.39, 0.29) is 15.5 Å². The molecule has 0 radical (unpaired) electrons. The van der Waals surface area contributed by atoms with Gasteiger partial charge in [0.05, 0.1) is 11.1 Å². The number of aromatic amines is 1. The van der Waals surface area contributed by atoms with Crippen molar-refractivity contribution < 1.29 is 23.1 Å². The number of H-pyrrole nitrogens is 1. The molecule has 90 valence electrons. The Morgan fingerprint density at radius 3 is 2.59 bits per heavy atom. The first-order chi connectivity index (χ1) is 7.79. The maximum Gasteiger partial charge on any atom is 0.416 e. The van der Waals surface area contributed by atoms with Crippen LogP contribution in [0.4, 0.5) is 13.2 Å². The lowest BCUT2D eigenvalue weighted by Crippen LogP contribution is -2.04. The van der Waals surface area contributed by atoms with E-state index in [9.17, 15) is 18.0 Å². The summed E-state index contributed by atoms with van der Waals surface area (Å²) < 4.78 is 37.6. The first kappa shape index (κ1) is 11.9. The normalized spacial score (nSPS) is 12.0. The number of benzene rings is 1. The number of rotatable bonds is 1. The van der Waals surface area contributed by atoms with Crippen LogP contribution in [0.1, 0.15) is 16.2 Å². The number of hydrogen-bond acceptors (Lipinski definition) is 2. The maximum absolute atomic E-state index is 12.5. The van der Waals surface area contributed by atoms with Crippen LogP contribution in [0.15, 0.2) is 16.6 Å². The molecule has 2 rings (SSSR count). The van der Waals surface area contributed by atoms with Gasteiger partial charge in [-0.05, 0) is 28.1 Å². The molecule has 0 spiro atoms. The Labute approximate surface area is 101 Å². The zero-order valence-corrected chi connectivity index (χ0v) is 9.56. The highest BCUT2D eigenvalue weighted by atomic mass is 79.9. The lowest BCUT2D eigenvalue weighted by atomic mass is 10.2. The predicted molar refractivity (Wildman–Crippen MR) is 55.8 cm³/mol. The molecule has 0 atom stereocenters. The van der Waals surface area contributed by atoms with Gasteiger partial charge in [-0.15, -0.1) is 0 Å². The minimum Gasteiger partial charge on any atom is -0.475 e. The summed E-state index contributed by atoms with van der Waals surface area (Å²) in [7, 11) is 0. The zero-order valence-electron chi connectivity index (χ0n) is 7.97. The summed E-state index contributed by atoms with van der Waals surface area (Å²) in [6, 6.07) is 1.67. The Morgan fingerprint density at radius 2 is 2.06 bits per heavy atom. The predicted octanol–water partition coefficient (Wildman–Crippen LogP) is 3.04. The number of nitrogens with one attached hydrogen (secondary N) is 1. The van der Waals surface area contributed by atoms with Crippen molar-refractivity contribution in [2.75, 3.05) is 0 Å². The molecule has 1 heterocycles. The van der Waals surface area contributed by atoms with Gasteiger partial charge in [-0.25, -0.2) is 9.78 Å². The van der Waals surface area contributed by atoms with Crippen molar-refractivity contribution in [3.8, 4) is 0 Å². The molecule has 2 N–H and O–H groups in total. The molecule has 0 amide bonds. The van der Waals surface area contributed by atoms with Gasteiger partial charge in [0.2, 0.25) is 5.82 Å². The van der Waals surface area contributed by atoms with E-state index in [1.54, 1.807) is 0 Å². The van der Waals surface area contributed by atoms with Crippen LogP contribution in [0.2, 0.25) is 0 Å². The number of aromatic carboxylic acids is 1. The molecule has 17 heavy (non-hydrogen) atoms. The van der Waals surface area contributed by atoms with E-state index in [2.05, 4.69) is 25.9 Å². The smallest absolute Gasteiger partial charge is 0.416 e. The lowest BCUT2D eigenvalue weighted by Gasteiger charge is -2.06. The van der Waals surface area contributed by atoms with Crippen molar-refractivity contribution in [2.45, 2.75) is 6.18 Å². The molecule has 1 aromatic heterocycles. The Hall–Kier alpha value is -1.57. The third-order valence-electron chi connectivity index (χ3n) is 2.07. The van der Waals surface area contributed by atoms with E-state index in [0.717, 1.165) is 12.1 Å². The number of aromatic nitrogens is 2. The van der Waals surface area contributed by atoms with E-state index in [1.165, 1.54) is 0 Å². The molecule has 0 fully saturated rings. The summed E-state index contributed by atoms with van der Waals surface area (Å²) in [5.74, 6) is -1.73. The van der Waals surface area contributed by atoms with Crippen LogP contribution in [-0.4, -0.2) is 21.0 Å². The van der Waals surface area contributed by atoms with E-state index in [4.69, 9.17) is 5.11 Å². The maximum atomic E-state index is 12.5. The van der Waals surface area contributed by atoms with Crippen LogP contribution in [0.25, 0.3) is 11.0 Å². The largest absolute Gasteiger partial charge is 0.475 e. The van der Waals surface area contributed by atoms with Crippen molar-refractivity contribution in [2.24, 2.45) is 0 Å². The van der Waals surface area contributed by atoms with Gasteiger partial charge in [0.1, 0.15) is 5.52 Å². The Bertz CT molecular complexity index is 606. The van der Waals surface area contributed by atoms with Gasteiger partial charge in [0.25, 0.3) is 0 Å². The first-order valence-electron chi connectivity index (χ1n) is 4.29. The molecule has 0 aliphatic heterocycles. The summed E-state index contributed by atoms with van der Waals surface area (Å²) in [4.78, 5) is 16.6. The number of carbonyl (C=O) groups is 1. The highest BCUT2D eigenvalue weighted by Gasteiger charge is 2.31. The highest BCUT2D eigenvalue weighted by Crippen LogP contribution is 2.34. The second-order valence-electron chi connectivity index (χ2n) is 3.24. The third-order valence-corrected chi connectivity index (χ3v) is 2.67. The molecule has 0 saturated carbocycles. The summed E-state index contributed by atoms with van der Waals surface area (Å²) in [6.07, 6.45) is -4.49. The van der Waals surface area contributed by atoms with E-state index >= 15 is 0 Å². The Morgan fingerprint density at radius 1 is 1.41 bits per heavy atom. The van der Waals surface area contributed by atoms with Gasteiger partial charge in [0.15, 0.2) is 0 Å². The number of hydrogen-bond donors (Lipinski definition) is 2. The summed E-state index contributed by atoms with van der Waals surface area (Å²) in [6.45, 7) is 0. The molecule has 1 aromatic carbocycles. The second-order valence-corrected chi connectivity index (χ2v) is 4.10. The number of carboxylic acid groups (broad SMARTS) is 1. The van der Waals surface area contributed by atoms with Crippen LogP contribution < -0.4 is 0 Å². The van der Waals surface area contributed by atoms with Gasteiger partial charge in [-0.1, -0.05) is 0 Å². The van der Waals surface area contributed by atoms with E-state index in [1.807, 2.05) is 0 Å². The monoisotopic (exact) mass is 308 g/mol. The number of nitrogens with zero attached hydrogens (tertiary/aromatic N) is 1. The van der Waals surface area contributed by atoms with Gasteiger partial charge >= 0.3 is 12.1 Å². The third kappa shape index (κ3) is 2.12. The van der Waals surface area contributed by atoms with Crippen LogP contribution in [0.5, 0.6) is 0 Å². The average Bonchev–Trinajstić information content (AvgIpc) is 2.60. The van der Waals surface area contributed by atoms with Gasteiger partial charge in [-0.3, -0.25) is 0 Å². The number of imidazole rings is 1. The van der Waals surface area contributed by atoms with Crippen LogP contribution in [-0.2, 0) is 6.18 Å². The minimum atomic E-state index is -4.49. The van der Waals surface area contributed by atoms with Crippen molar-refractivity contribution in [3.05, 3.63) is 28.0 Å². The van der Waals surface area contributed by atoms with Crippen molar-refractivity contribution in [3.63, 3.8) is 0 Å². The van der Waals surface area contributed by atoms with Gasteiger partial charge < -0.3 is 10.1 Å². The molecule has 0 aliphatic rings. The SMILES string of the molecule is O=C(O)c1nc2c(Br)cc(C(F)(F)F)cc2[nH]1. The topological polar surface area (TPSA) is 66.0 Å². The average molecular weight is 309 g/mol. The fourth-order valence-corrected chi connectivity index (χ4v) is 1.89. The number of alkyl halides is 3. The molecule has 0 bridgehead atoms. The van der Waals surface area contributed by atoms with Crippen molar-refractivity contribution in [1.29, 1.82) is 0 Å². The number of halogens is 4. The molecule has 0 aliphatic carbocycles. The fraction of sp³-hybridized carbons (Fsp3) is 0.111.